The van der Waals surface area contributed by atoms with Gasteiger partial charge >= 0.3 is 0 Å². The maximum atomic E-state index is 13.5. The lowest BCUT2D eigenvalue weighted by Gasteiger charge is -2.05. The Labute approximate surface area is 132 Å². The summed E-state index contributed by atoms with van der Waals surface area (Å²) in [6.45, 7) is 2.09. The Hall–Kier alpha value is -2.74. The lowest BCUT2D eigenvalue weighted by molar-refractivity contribution is 0.510. The predicted octanol–water partition coefficient (Wildman–Crippen LogP) is 3.93. The van der Waals surface area contributed by atoms with E-state index in [0.29, 0.717) is 23.3 Å². The Bertz CT molecular complexity index is 889. The molecule has 0 saturated carbocycles. The minimum atomic E-state index is -0.929. The van der Waals surface area contributed by atoms with Crippen LogP contribution in [0.4, 0.5) is 8.78 Å². The number of fused-ring (bicyclic) bond motifs is 1. The number of rotatable bonds is 4. The molecular weight excluding hydrogens is 296 g/mol. The number of benzene rings is 2. The number of hydrogen-bond donors (Lipinski definition) is 0. The second-order valence-corrected chi connectivity index (χ2v) is 5.51. The zero-order valence-corrected chi connectivity index (χ0v) is 12.7. The highest BCUT2D eigenvalue weighted by molar-refractivity contribution is 5.76. The molecule has 0 saturated heterocycles. The van der Waals surface area contributed by atoms with Crippen LogP contribution in [0.5, 0.6) is 0 Å². The highest BCUT2D eigenvalue weighted by Crippen LogP contribution is 2.21. The molecule has 0 aliphatic rings. The molecule has 0 unspecified atom stereocenters. The summed E-state index contributed by atoms with van der Waals surface area (Å²) in [5.41, 5.74) is 3.17. The molecule has 5 heteroatoms. The molecule has 116 valence electrons. The number of halogens is 2. The summed E-state index contributed by atoms with van der Waals surface area (Å²) >= 11 is 0. The molecule has 1 aromatic heterocycles. The number of aryl methyl sites for hydroxylation is 3. The molecule has 0 aliphatic heterocycles. The lowest BCUT2D eigenvalue weighted by atomic mass is 10.1. The maximum absolute atomic E-state index is 13.5. The largest absolute Gasteiger partial charge is 0.314 e. The van der Waals surface area contributed by atoms with Crippen molar-refractivity contribution in [3.8, 4) is 6.07 Å². The van der Waals surface area contributed by atoms with Crippen LogP contribution in [0.1, 0.15) is 17.0 Å². The van der Waals surface area contributed by atoms with Crippen LogP contribution in [-0.4, -0.2) is 9.55 Å². The Kier molecular flexibility index (Phi) is 4.07. The van der Waals surface area contributed by atoms with Gasteiger partial charge < -0.3 is 4.57 Å². The number of imidazole rings is 1. The summed E-state index contributed by atoms with van der Waals surface area (Å²) < 4.78 is 28.5. The molecule has 3 nitrogen and oxygen atoms in total. The van der Waals surface area contributed by atoms with Gasteiger partial charge in [-0.15, -0.1) is 0 Å². The van der Waals surface area contributed by atoms with E-state index in [-0.39, 0.29) is 6.54 Å². The van der Waals surface area contributed by atoms with E-state index in [1.165, 1.54) is 5.56 Å². The monoisotopic (exact) mass is 311 g/mol. The fourth-order valence-electron chi connectivity index (χ4n) is 2.62. The van der Waals surface area contributed by atoms with Crippen molar-refractivity contribution in [3.63, 3.8) is 0 Å². The molecule has 0 atom stereocenters. The van der Waals surface area contributed by atoms with E-state index in [0.717, 1.165) is 24.1 Å². The van der Waals surface area contributed by atoms with Crippen LogP contribution >= 0.6 is 0 Å². The maximum Gasteiger partial charge on any atom is 0.161 e. The van der Waals surface area contributed by atoms with Crippen LogP contribution in [0.2, 0.25) is 0 Å². The third-order valence-corrected chi connectivity index (χ3v) is 3.86. The van der Waals surface area contributed by atoms with Crippen molar-refractivity contribution in [2.24, 2.45) is 0 Å². The third-order valence-electron chi connectivity index (χ3n) is 3.86. The van der Waals surface area contributed by atoms with Crippen molar-refractivity contribution in [1.82, 2.24) is 9.55 Å². The smallest absolute Gasteiger partial charge is 0.161 e. The first-order valence-electron chi connectivity index (χ1n) is 7.35. The molecule has 0 aliphatic carbocycles. The Morgan fingerprint density at radius 3 is 2.48 bits per heavy atom. The van der Waals surface area contributed by atoms with E-state index in [9.17, 15) is 8.78 Å². The van der Waals surface area contributed by atoms with E-state index < -0.39 is 11.6 Å². The van der Waals surface area contributed by atoms with Gasteiger partial charge in [0, 0.05) is 18.6 Å². The van der Waals surface area contributed by atoms with Crippen molar-refractivity contribution >= 4 is 11.0 Å². The molecule has 23 heavy (non-hydrogen) atoms. The van der Waals surface area contributed by atoms with Crippen molar-refractivity contribution < 1.29 is 8.78 Å². The van der Waals surface area contributed by atoms with E-state index in [1.54, 1.807) is 4.57 Å². The third kappa shape index (κ3) is 3.07. The van der Waals surface area contributed by atoms with Crippen LogP contribution in [0, 0.1) is 29.9 Å². The van der Waals surface area contributed by atoms with Crippen LogP contribution in [-0.2, 0) is 19.4 Å². The number of aromatic nitrogens is 2. The first kappa shape index (κ1) is 15.2. The summed E-state index contributed by atoms with van der Waals surface area (Å²) in [7, 11) is 0. The Morgan fingerprint density at radius 1 is 1.09 bits per heavy atom. The van der Waals surface area contributed by atoms with Crippen molar-refractivity contribution in [2.75, 3.05) is 0 Å². The van der Waals surface area contributed by atoms with Gasteiger partial charge in [0.15, 0.2) is 11.6 Å². The zero-order chi connectivity index (χ0) is 16.4. The average molecular weight is 311 g/mol. The molecule has 1 heterocycles. The number of hydrogen-bond acceptors (Lipinski definition) is 2. The molecule has 3 aromatic rings. The molecule has 0 N–H and O–H groups in total. The second-order valence-electron chi connectivity index (χ2n) is 5.51. The summed E-state index contributed by atoms with van der Waals surface area (Å²) in [4.78, 5) is 4.37. The molecule has 0 spiro atoms. The van der Waals surface area contributed by atoms with Crippen molar-refractivity contribution in [2.45, 2.75) is 26.3 Å². The number of nitriles is 1. The molecule has 0 amide bonds. The first-order valence-corrected chi connectivity index (χ1v) is 7.35. The van der Waals surface area contributed by atoms with Crippen LogP contribution in [0.3, 0.4) is 0 Å². The SMILES string of the molecule is Cc1ccc(CCc2nc3cc(F)c(F)cc3n2CC#N)cc1. The Balaban J connectivity index is 1.94. The van der Waals surface area contributed by atoms with Crippen LogP contribution in [0.15, 0.2) is 36.4 Å². The van der Waals surface area contributed by atoms with Gasteiger partial charge in [-0.2, -0.15) is 5.26 Å². The summed E-state index contributed by atoms with van der Waals surface area (Å²) in [5, 5.41) is 9.00. The highest BCUT2D eigenvalue weighted by atomic mass is 19.2. The normalized spacial score (nSPS) is 10.9. The van der Waals surface area contributed by atoms with Gasteiger partial charge in [-0.25, -0.2) is 13.8 Å². The molecule has 3 rings (SSSR count). The van der Waals surface area contributed by atoms with Crippen LogP contribution in [0.25, 0.3) is 11.0 Å². The summed E-state index contributed by atoms with van der Waals surface area (Å²) in [6, 6.07) is 12.4. The molecule has 0 bridgehead atoms. The molecule has 0 fully saturated rings. The highest BCUT2D eigenvalue weighted by Gasteiger charge is 2.14. The van der Waals surface area contributed by atoms with Gasteiger partial charge in [0.1, 0.15) is 12.4 Å². The lowest BCUT2D eigenvalue weighted by Crippen LogP contribution is -2.04. The van der Waals surface area contributed by atoms with E-state index in [1.807, 2.05) is 37.3 Å². The minimum Gasteiger partial charge on any atom is -0.314 e. The topological polar surface area (TPSA) is 41.6 Å². The van der Waals surface area contributed by atoms with Crippen molar-refractivity contribution in [3.05, 3.63) is 65.0 Å². The van der Waals surface area contributed by atoms with E-state index in [2.05, 4.69) is 4.98 Å². The molecule has 2 aromatic carbocycles. The fraction of sp³-hybridized carbons (Fsp3) is 0.222. The Morgan fingerprint density at radius 2 is 1.78 bits per heavy atom. The standard InChI is InChI=1S/C18H15F2N3/c1-12-2-4-13(5-3-12)6-7-18-22-16-10-14(19)15(20)11-17(16)23(18)9-8-21/h2-5,10-11H,6-7,9H2,1H3. The van der Waals surface area contributed by atoms with Gasteiger partial charge in [0.2, 0.25) is 0 Å². The quantitative estimate of drug-likeness (QED) is 0.732. The fourth-order valence-corrected chi connectivity index (χ4v) is 2.62. The summed E-state index contributed by atoms with van der Waals surface area (Å²) in [6.07, 6.45) is 1.35. The summed E-state index contributed by atoms with van der Waals surface area (Å²) in [5.74, 6) is -1.20. The van der Waals surface area contributed by atoms with Crippen LogP contribution < -0.4 is 0 Å². The second kappa shape index (κ2) is 6.17. The molecular formula is C18H15F2N3. The minimum absolute atomic E-state index is 0.0603. The van der Waals surface area contributed by atoms with Gasteiger partial charge in [0.25, 0.3) is 0 Å². The zero-order valence-electron chi connectivity index (χ0n) is 12.7. The van der Waals surface area contributed by atoms with Crippen molar-refractivity contribution in [1.29, 1.82) is 5.26 Å². The van der Waals surface area contributed by atoms with Gasteiger partial charge in [-0.1, -0.05) is 29.8 Å². The van der Waals surface area contributed by atoms with Gasteiger partial charge in [-0.3, -0.25) is 0 Å². The predicted molar refractivity (Wildman–Crippen MR) is 83.8 cm³/mol. The molecule has 0 radical (unpaired) electrons. The average Bonchev–Trinajstić information content (AvgIpc) is 2.85. The van der Waals surface area contributed by atoms with Gasteiger partial charge in [-0.05, 0) is 18.9 Å². The van der Waals surface area contributed by atoms with Gasteiger partial charge in [0.05, 0.1) is 17.1 Å². The van der Waals surface area contributed by atoms with E-state index >= 15 is 0 Å². The van der Waals surface area contributed by atoms with E-state index in [4.69, 9.17) is 5.26 Å². The first-order chi connectivity index (χ1) is 11.1. The number of nitrogens with zero attached hydrogens (tertiary/aromatic N) is 3.